The van der Waals surface area contributed by atoms with Crippen molar-refractivity contribution in [3.63, 3.8) is 0 Å². The molecule has 7 nitrogen and oxygen atoms in total. The zero-order chi connectivity index (χ0) is 33.8. The van der Waals surface area contributed by atoms with Crippen LogP contribution in [-0.2, 0) is 22.4 Å². The highest BCUT2D eigenvalue weighted by molar-refractivity contribution is 6.10. The molecule has 0 bridgehead atoms. The number of rotatable bonds is 10. The minimum Gasteiger partial charge on any atom is -0.393 e. The molecule has 264 valence electrons. The van der Waals surface area contributed by atoms with E-state index in [-0.39, 0.29) is 17.4 Å². The summed E-state index contributed by atoms with van der Waals surface area (Å²) in [6.45, 7) is 9.07. The number of hydrogen-bond acceptors (Lipinski definition) is 5. The summed E-state index contributed by atoms with van der Waals surface area (Å²) in [5.74, 6) is 2.51. The van der Waals surface area contributed by atoms with Gasteiger partial charge in [-0.1, -0.05) is 38.1 Å². The zero-order valence-corrected chi connectivity index (χ0v) is 29.3. The molecule has 49 heavy (non-hydrogen) atoms. The largest absolute Gasteiger partial charge is 0.393 e. The van der Waals surface area contributed by atoms with Crippen LogP contribution in [-0.4, -0.2) is 61.1 Å². The summed E-state index contributed by atoms with van der Waals surface area (Å²) in [6, 6.07) is 11.2. The number of benzene rings is 2. The third-order valence-corrected chi connectivity index (χ3v) is 14.0. The molecule has 1 aliphatic heterocycles. The minimum atomic E-state index is -0.412. The number of hydrogen-bond donors (Lipinski definition) is 4. The van der Waals surface area contributed by atoms with Crippen molar-refractivity contribution in [3.05, 3.63) is 58.9 Å². The number of H-pyrrole nitrogens is 1. The number of amides is 1. The fraction of sp³-hybridized carbons (Fsp3) is 0.634. The van der Waals surface area contributed by atoms with Gasteiger partial charge >= 0.3 is 0 Å². The van der Waals surface area contributed by atoms with Crippen LogP contribution in [0.1, 0.15) is 93.1 Å². The molecular weight excluding hydrogens is 617 g/mol. The van der Waals surface area contributed by atoms with Gasteiger partial charge in [0.1, 0.15) is 5.82 Å². The number of aliphatic hydroxyl groups is 1. The second kappa shape index (κ2) is 13.4. The Balaban J connectivity index is 0.774. The first kappa shape index (κ1) is 33.4. The van der Waals surface area contributed by atoms with Crippen LogP contribution in [0.25, 0.3) is 22.2 Å². The van der Waals surface area contributed by atoms with Crippen LogP contribution < -0.4 is 10.6 Å². The predicted octanol–water partition coefficient (Wildman–Crippen LogP) is 7.15. The second-order valence-corrected chi connectivity index (χ2v) is 16.4. The number of aromatic nitrogens is 1. The van der Waals surface area contributed by atoms with E-state index >= 15 is 0 Å². The average Bonchev–Trinajstić information content (AvgIpc) is 3.57. The quantitative estimate of drug-likeness (QED) is 0.172. The van der Waals surface area contributed by atoms with Crippen molar-refractivity contribution < 1.29 is 23.8 Å². The number of aliphatic hydroxyl groups excluding tert-OH is 1. The summed E-state index contributed by atoms with van der Waals surface area (Å²) < 4.78 is 26.8. The van der Waals surface area contributed by atoms with Crippen LogP contribution in [0.5, 0.6) is 0 Å². The molecule has 2 heterocycles. The van der Waals surface area contributed by atoms with Crippen LogP contribution in [0, 0.1) is 40.3 Å². The Morgan fingerprint density at radius 2 is 1.78 bits per heavy atom. The van der Waals surface area contributed by atoms with Gasteiger partial charge in [0.15, 0.2) is 0 Å². The predicted molar refractivity (Wildman–Crippen MR) is 190 cm³/mol. The van der Waals surface area contributed by atoms with E-state index in [4.69, 9.17) is 9.47 Å². The van der Waals surface area contributed by atoms with Crippen molar-refractivity contribution in [1.82, 2.24) is 15.6 Å². The van der Waals surface area contributed by atoms with Crippen molar-refractivity contribution in [2.45, 2.75) is 96.8 Å². The normalized spacial score (nSPS) is 33.8. The van der Waals surface area contributed by atoms with E-state index in [1.807, 2.05) is 0 Å². The number of fused-ring (bicyclic) bond motifs is 5. The lowest BCUT2D eigenvalue weighted by atomic mass is 9.45. The van der Waals surface area contributed by atoms with Crippen LogP contribution >= 0.6 is 0 Å². The Labute approximate surface area is 290 Å². The molecule has 2 aromatic carbocycles. The topological polar surface area (TPSA) is 95.6 Å². The van der Waals surface area contributed by atoms with Gasteiger partial charge in [0.2, 0.25) is 0 Å². The smallest absolute Gasteiger partial charge is 0.252 e. The van der Waals surface area contributed by atoms with E-state index in [0.717, 1.165) is 65.9 Å². The molecule has 3 aromatic rings. The maximum Gasteiger partial charge on any atom is 0.252 e. The fourth-order valence-corrected chi connectivity index (χ4v) is 11.4. The van der Waals surface area contributed by atoms with Gasteiger partial charge < -0.3 is 30.2 Å². The van der Waals surface area contributed by atoms with Crippen molar-refractivity contribution in [3.8, 4) is 11.3 Å². The van der Waals surface area contributed by atoms with Crippen LogP contribution in [0.15, 0.2) is 36.4 Å². The summed E-state index contributed by atoms with van der Waals surface area (Å²) in [7, 11) is 0. The van der Waals surface area contributed by atoms with E-state index in [9.17, 15) is 14.3 Å². The highest BCUT2D eigenvalue weighted by atomic mass is 19.1. The van der Waals surface area contributed by atoms with Crippen LogP contribution in [0.2, 0.25) is 0 Å². The number of carbonyl (C=O) groups excluding carboxylic acids is 1. The molecule has 8 heteroatoms. The Bertz CT molecular complexity index is 1670. The van der Waals surface area contributed by atoms with E-state index in [0.29, 0.717) is 61.3 Å². The monoisotopic (exact) mass is 671 g/mol. The van der Waals surface area contributed by atoms with E-state index in [1.54, 1.807) is 0 Å². The molecule has 1 aromatic heterocycles. The summed E-state index contributed by atoms with van der Waals surface area (Å²) >= 11 is 0. The van der Waals surface area contributed by atoms with Gasteiger partial charge in [-0.2, -0.15) is 0 Å². The molecule has 1 amide bonds. The van der Waals surface area contributed by atoms with E-state index < -0.39 is 5.82 Å². The van der Waals surface area contributed by atoms with Crippen LogP contribution in [0.4, 0.5) is 4.39 Å². The van der Waals surface area contributed by atoms with Gasteiger partial charge in [0, 0.05) is 36.2 Å². The molecule has 0 spiro atoms. The molecule has 4 saturated carbocycles. The Morgan fingerprint density at radius 3 is 2.63 bits per heavy atom. The zero-order valence-electron chi connectivity index (χ0n) is 29.3. The van der Waals surface area contributed by atoms with Gasteiger partial charge in [-0.25, -0.2) is 4.39 Å². The summed E-state index contributed by atoms with van der Waals surface area (Å²) in [4.78, 5) is 15.9. The first-order chi connectivity index (χ1) is 23.7. The van der Waals surface area contributed by atoms with Crippen molar-refractivity contribution in [2.24, 2.45) is 34.5 Å². The molecule has 8 rings (SSSR count). The highest BCUT2D eigenvalue weighted by Crippen LogP contribution is 2.66. The lowest BCUT2D eigenvalue weighted by molar-refractivity contribution is -0.143. The van der Waals surface area contributed by atoms with E-state index in [2.05, 4.69) is 53.7 Å². The Morgan fingerprint density at radius 1 is 0.959 bits per heavy atom. The first-order valence-corrected chi connectivity index (χ1v) is 19.0. The van der Waals surface area contributed by atoms with E-state index in [1.165, 1.54) is 62.6 Å². The van der Waals surface area contributed by atoms with Crippen molar-refractivity contribution in [1.29, 1.82) is 0 Å². The summed E-state index contributed by atoms with van der Waals surface area (Å²) in [5.41, 5.74) is 6.00. The molecule has 1 unspecified atom stereocenters. The first-order valence-electron chi connectivity index (χ1n) is 19.0. The Hall–Kier alpha value is -2.78. The SMILES string of the molecule is C[C@]12CCC(O)C[C@@H]1CC[C@@H]1[C@@H]2CC[C@]2(C)[C@@H](OCCOCCNCc3ccc(-c4[nH]c5cc(F)cc6c5c4CCNC6=O)cc3)CC[C@@H]12. The van der Waals surface area contributed by atoms with Crippen LogP contribution in [0.3, 0.4) is 0 Å². The summed E-state index contributed by atoms with van der Waals surface area (Å²) in [6.07, 6.45) is 11.9. The number of ether oxygens (including phenoxy) is 2. The van der Waals surface area contributed by atoms with Gasteiger partial charge in [0.25, 0.3) is 5.91 Å². The van der Waals surface area contributed by atoms with Gasteiger partial charge in [-0.3, -0.25) is 4.79 Å². The summed E-state index contributed by atoms with van der Waals surface area (Å²) in [5, 5.41) is 17.6. The lowest BCUT2D eigenvalue weighted by Crippen LogP contribution is -2.54. The number of aromatic amines is 1. The maximum absolute atomic E-state index is 14.3. The van der Waals surface area contributed by atoms with Gasteiger partial charge in [-0.15, -0.1) is 0 Å². The van der Waals surface area contributed by atoms with Gasteiger partial charge in [0.05, 0.1) is 37.6 Å². The van der Waals surface area contributed by atoms with Crippen molar-refractivity contribution >= 4 is 16.8 Å². The second-order valence-electron chi connectivity index (χ2n) is 16.4. The number of nitrogens with one attached hydrogen (secondary N) is 3. The standard InChI is InChI=1S/C41H54FN3O4/c1-40-14-11-29(46)21-27(40)7-8-30-33-9-10-36(41(33,2)15-12-34(30)40)49-20-19-48-18-17-43-24-25-3-5-26(6-4-25)38-31-13-16-44-39(47)32-22-28(42)23-35(45-38)37(31)32/h3-6,22-23,27,29-30,33-34,36,43,45-46H,7-21,24H2,1-2H3,(H,44,47)/t27-,29?,30-,33-,34-,36-,40-,41-/m0/s1. The Kier molecular flexibility index (Phi) is 9.13. The molecule has 0 radical (unpaired) electrons. The molecule has 0 saturated heterocycles. The van der Waals surface area contributed by atoms with Gasteiger partial charge in [-0.05, 0) is 128 Å². The minimum absolute atomic E-state index is 0.0734. The molecule has 8 atom stereocenters. The third-order valence-electron chi connectivity index (χ3n) is 14.0. The molecule has 4 N–H and O–H groups in total. The fourth-order valence-electron chi connectivity index (χ4n) is 11.4. The lowest BCUT2D eigenvalue weighted by Gasteiger charge is -2.60. The number of carbonyl (C=O) groups is 1. The number of halogens is 1. The molecule has 5 aliphatic rings. The molecule has 4 fully saturated rings. The molecule has 4 aliphatic carbocycles. The molecular formula is C41H54FN3O4. The van der Waals surface area contributed by atoms with Crippen molar-refractivity contribution in [2.75, 3.05) is 32.9 Å². The third kappa shape index (κ3) is 6.04. The highest BCUT2D eigenvalue weighted by Gasteiger charge is 2.60. The maximum atomic E-state index is 14.3. The average molecular weight is 672 g/mol.